The third-order valence-corrected chi connectivity index (χ3v) is 6.88. The molecule has 1 fully saturated rings. The molecule has 3 rings (SSSR count). The molecule has 0 saturated carbocycles. The number of amides is 1. The van der Waals surface area contributed by atoms with Crippen molar-refractivity contribution in [2.75, 3.05) is 25.2 Å². The van der Waals surface area contributed by atoms with E-state index in [0.29, 0.717) is 24.5 Å². The predicted molar refractivity (Wildman–Crippen MR) is 110 cm³/mol. The van der Waals surface area contributed by atoms with E-state index in [-0.39, 0.29) is 30.1 Å². The average Bonchev–Trinajstić information content (AvgIpc) is 3.04. The Labute approximate surface area is 173 Å². The maximum Gasteiger partial charge on any atom is 0.261 e. The Morgan fingerprint density at radius 2 is 1.93 bits per heavy atom. The summed E-state index contributed by atoms with van der Waals surface area (Å²) in [5, 5.41) is 0. The van der Waals surface area contributed by atoms with Crippen molar-refractivity contribution in [2.45, 2.75) is 19.0 Å². The normalized spacial score (nSPS) is 17.9. The van der Waals surface area contributed by atoms with Crippen LogP contribution in [-0.2, 0) is 21.2 Å². The van der Waals surface area contributed by atoms with Crippen LogP contribution in [0.1, 0.15) is 12.0 Å². The van der Waals surface area contributed by atoms with Crippen LogP contribution in [0.25, 0.3) is 0 Å². The third kappa shape index (κ3) is 5.26. The average molecular weight is 468 g/mol. The van der Waals surface area contributed by atoms with Crippen LogP contribution in [0.2, 0.25) is 0 Å². The first-order valence-corrected chi connectivity index (χ1v) is 11.5. The van der Waals surface area contributed by atoms with Crippen LogP contribution in [0.5, 0.6) is 11.5 Å². The standard InChI is InChI=1S/C20H22BrNO5S/c1-26-18-7-2-3-8-19(18)27-13-20(23)22(17-9-10-28(24,25)14-17)12-15-5-4-6-16(21)11-15/h2-8,11,17H,9-10,12-14H2,1H3. The summed E-state index contributed by atoms with van der Waals surface area (Å²) in [4.78, 5) is 14.6. The second-order valence-corrected chi connectivity index (χ2v) is 9.79. The van der Waals surface area contributed by atoms with Crippen LogP contribution in [0.4, 0.5) is 0 Å². The van der Waals surface area contributed by atoms with Gasteiger partial charge in [-0.1, -0.05) is 40.2 Å². The first kappa shape index (κ1) is 20.7. The Morgan fingerprint density at radius 1 is 1.18 bits per heavy atom. The van der Waals surface area contributed by atoms with Gasteiger partial charge in [0, 0.05) is 17.1 Å². The molecule has 0 aliphatic carbocycles. The van der Waals surface area contributed by atoms with Gasteiger partial charge < -0.3 is 14.4 Å². The number of methoxy groups -OCH3 is 1. The van der Waals surface area contributed by atoms with Crippen molar-refractivity contribution in [1.82, 2.24) is 4.90 Å². The fraction of sp³-hybridized carbons (Fsp3) is 0.350. The first-order valence-electron chi connectivity index (χ1n) is 8.88. The van der Waals surface area contributed by atoms with Crippen LogP contribution >= 0.6 is 15.9 Å². The lowest BCUT2D eigenvalue weighted by molar-refractivity contribution is -0.136. The lowest BCUT2D eigenvalue weighted by atomic mass is 10.1. The second-order valence-electron chi connectivity index (χ2n) is 6.65. The van der Waals surface area contributed by atoms with Crippen LogP contribution in [-0.4, -0.2) is 50.5 Å². The smallest absolute Gasteiger partial charge is 0.261 e. The molecule has 2 aromatic rings. The molecule has 0 bridgehead atoms. The number of hydrogen-bond donors (Lipinski definition) is 0. The molecule has 1 atom stereocenters. The van der Waals surface area contributed by atoms with Crippen LogP contribution in [0, 0.1) is 0 Å². The summed E-state index contributed by atoms with van der Waals surface area (Å²) < 4.78 is 35.7. The van der Waals surface area contributed by atoms with Gasteiger partial charge in [0.25, 0.3) is 5.91 Å². The number of ether oxygens (including phenoxy) is 2. The van der Waals surface area contributed by atoms with E-state index in [1.807, 2.05) is 30.3 Å². The Kier molecular flexibility index (Phi) is 6.61. The Bertz CT molecular complexity index is 947. The summed E-state index contributed by atoms with van der Waals surface area (Å²) in [5.41, 5.74) is 0.921. The summed E-state index contributed by atoms with van der Waals surface area (Å²) >= 11 is 3.43. The zero-order valence-electron chi connectivity index (χ0n) is 15.5. The Morgan fingerprint density at radius 3 is 2.57 bits per heavy atom. The minimum absolute atomic E-state index is 0.0125. The maximum atomic E-state index is 13.0. The van der Waals surface area contributed by atoms with Gasteiger partial charge in [-0.25, -0.2) is 8.42 Å². The van der Waals surface area contributed by atoms with Gasteiger partial charge in [0.15, 0.2) is 27.9 Å². The number of nitrogens with zero attached hydrogens (tertiary/aromatic N) is 1. The second kappa shape index (κ2) is 8.96. The van der Waals surface area contributed by atoms with E-state index >= 15 is 0 Å². The molecule has 6 nitrogen and oxygen atoms in total. The fourth-order valence-corrected chi connectivity index (χ4v) is 5.41. The molecule has 0 N–H and O–H groups in total. The molecule has 0 radical (unpaired) electrons. The molecule has 1 saturated heterocycles. The van der Waals surface area contributed by atoms with E-state index in [0.717, 1.165) is 10.0 Å². The summed E-state index contributed by atoms with van der Waals surface area (Å²) in [7, 11) is -1.58. The zero-order chi connectivity index (χ0) is 20.1. The molecule has 0 spiro atoms. The summed E-state index contributed by atoms with van der Waals surface area (Å²) in [6, 6.07) is 14.4. The van der Waals surface area contributed by atoms with E-state index in [9.17, 15) is 13.2 Å². The Hall–Kier alpha value is -2.06. The summed E-state index contributed by atoms with van der Waals surface area (Å²) in [5.74, 6) is 0.847. The molecule has 150 valence electrons. The SMILES string of the molecule is COc1ccccc1OCC(=O)N(Cc1cccc(Br)c1)C1CCS(=O)(=O)C1. The van der Waals surface area contributed by atoms with Crippen molar-refractivity contribution < 1.29 is 22.7 Å². The van der Waals surface area contributed by atoms with Crippen molar-refractivity contribution in [1.29, 1.82) is 0 Å². The van der Waals surface area contributed by atoms with Gasteiger partial charge in [0.05, 0.1) is 18.6 Å². The molecule has 1 heterocycles. The summed E-state index contributed by atoms with van der Waals surface area (Å²) in [6.07, 6.45) is 0.441. The number of para-hydroxylation sites is 2. The number of halogens is 1. The number of sulfone groups is 1. The monoisotopic (exact) mass is 467 g/mol. The molecular formula is C20H22BrNO5S. The molecular weight excluding hydrogens is 446 g/mol. The highest BCUT2D eigenvalue weighted by Gasteiger charge is 2.34. The van der Waals surface area contributed by atoms with Crippen molar-refractivity contribution in [3.05, 3.63) is 58.6 Å². The fourth-order valence-electron chi connectivity index (χ4n) is 3.23. The van der Waals surface area contributed by atoms with Gasteiger partial charge >= 0.3 is 0 Å². The highest BCUT2D eigenvalue weighted by molar-refractivity contribution is 9.10. The van der Waals surface area contributed by atoms with Gasteiger partial charge in [0.2, 0.25) is 0 Å². The summed E-state index contributed by atoms with van der Waals surface area (Å²) in [6.45, 7) is 0.138. The third-order valence-electron chi connectivity index (χ3n) is 4.63. The topological polar surface area (TPSA) is 72.9 Å². The number of hydrogen-bond acceptors (Lipinski definition) is 5. The van der Waals surface area contributed by atoms with E-state index in [4.69, 9.17) is 9.47 Å². The van der Waals surface area contributed by atoms with Crippen molar-refractivity contribution in [2.24, 2.45) is 0 Å². The molecule has 2 aromatic carbocycles. The van der Waals surface area contributed by atoms with E-state index in [2.05, 4.69) is 15.9 Å². The highest BCUT2D eigenvalue weighted by atomic mass is 79.9. The molecule has 1 aliphatic rings. The molecule has 28 heavy (non-hydrogen) atoms. The number of carbonyl (C=O) groups excluding carboxylic acids is 1. The van der Waals surface area contributed by atoms with Gasteiger partial charge in [-0.3, -0.25) is 4.79 Å². The quantitative estimate of drug-likeness (QED) is 0.625. The van der Waals surface area contributed by atoms with Crippen LogP contribution in [0.3, 0.4) is 0 Å². The number of benzene rings is 2. The lowest BCUT2D eigenvalue weighted by Gasteiger charge is -2.28. The first-order chi connectivity index (χ1) is 13.4. The van der Waals surface area contributed by atoms with E-state index in [1.54, 1.807) is 23.1 Å². The minimum Gasteiger partial charge on any atom is -0.493 e. The zero-order valence-corrected chi connectivity index (χ0v) is 17.9. The van der Waals surface area contributed by atoms with Gasteiger partial charge in [0.1, 0.15) is 0 Å². The largest absolute Gasteiger partial charge is 0.493 e. The van der Waals surface area contributed by atoms with Crippen LogP contribution < -0.4 is 9.47 Å². The van der Waals surface area contributed by atoms with Gasteiger partial charge in [-0.15, -0.1) is 0 Å². The van der Waals surface area contributed by atoms with Gasteiger partial charge in [-0.05, 0) is 36.2 Å². The maximum absolute atomic E-state index is 13.0. The van der Waals surface area contributed by atoms with E-state index < -0.39 is 9.84 Å². The minimum atomic E-state index is -3.12. The molecule has 8 heteroatoms. The molecule has 1 amide bonds. The predicted octanol–water partition coefficient (Wildman–Crippen LogP) is 3.05. The van der Waals surface area contributed by atoms with Crippen molar-refractivity contribution in [3.8, 4) is 11.5 Å². The highest BCUT2D eigenvalue weighted by Crippen LogP contribution is 2.26. The number of rotatable bonds is 7. The van der Waals surface area contributed by atoms with Crippen LogP contribution in [0.15, 0.2) is 53.0 Å². The molecule has 1 unspecified atom stereocenters. The van der Waals surface area contributed by atoms with E-state index in [1.165, 1.54) is 7.11 Å². The van der Waals surface area contributed by atoms with Gasteiger partial charge in [-0.2, -0.15) is 0 Å². The lowest BCUT2D eigenvalue weighted by Crippen LogP contribution is -2.43. The van der Waals surface area contributed by atoms with Crippen molar-refractivity contribution in [3.63, 3.8) is 0 Å². The Balaban J connectivity index is 1.76. The van der Waals surface area contributed by atoms with Crippen molar-refractivity contribution >= 4 is 31.7 Å². The molecule has 1 aliphatic heterocycles. The molecule has 0 aromatic heterocycles. The number of carbonyl (C=O) groups is 1.